The predicted octanol–water partition coefficient (Wildman–Crippen LogP) is 2.40. The van der Waals surface area contributed by atoms with Gasteiger partial charge in [-0.1, -0.05) is 27.7 Å². The van der Waals surface area contributed by atoms with Crippen LogP contribution in [0.1, 0.15) is 34.1 Å². The SMILES string of the molecule is CN=C(NCCN1CC(C)CC(C)C1)NCC(C)C.I. The first-order chi connectivity index (χ1) is 9.01. The molecule has 20 heavy (non-hydrogen) atoms. The molecule has 0 amide bonds. The van der Waals surface area contributed by atoms with Crippen LogP contribution in [-0.2, 0) is 0 Å². The van der Waals surface area contributed by atoms with Gasteiger partial charge in [0.25, 0.3) is 0 Å². The molecule has 1 fully saturated rings. The van der Waals surface area contributed by atoms with Crippen molar-refractivity contribution in [2.75, 3.05) is 39.8 Å². The van der Waals surface area contributed by atoms with Crippen LogP contribution >= 0.6 is 24.0 Å². The Morgan fingerprint density at radius 3 is 2.30 bits per heavy atom. The monoisotopic (exact) mass is 396 g/mol. The fourth-order valence-corrected chi connectivity index (χ4v) is 2.83. The second kappa shape index (κ2) is 10.7. The smallest absolute Gasteiger partial charge is 0.191 e. The lowest BCUT2D eigenvalue weighted by molar-refractivity contribution is 0.143. The van der Waals surface area contributed by atoms with Crippen LogP contribution in [0.2, 0.25) is 0 Å². The quantitative estimate of drug-likeness (QED) is 0.426. The highest BCUT2D eigenvalue weighted by atomic mass is 127. The number of rotatable bonds is 5. The summed E-state index contributed by atoms with van der Waals surface area (Å²) < 4.78 is 0. The number of aliphatic imine (C=N–C) groups is 1. The van der Waals surface area contributed by atoms with E-state index in [1.165, 1.54) is 19.5 Å². The summed E-state index contributed by atoms with van der Waals surface area (Å²) in [5.74, 6) is 3.23. The van der Waals surface area contributed by atoms with E-state index in [2.05, 4.69) is 48.2 Å². The maximum atomic E-state index is 4.25. The summed E-state index contributed by atoms with van der Waals surface area (Å²) in [6, 6.07) is 0. The summed E-state index contributed by atoms with van der Waals surface area (Å²) in [6.45, 7) is 14.7. The van der Waals surface area contributed by atoms with Crippen molar-refractivity contribution in [2.24, 2.45) is 22.7 Å². The van der Waals surface area contributed by atoms with Gasteiger partial charge in [-0.25, -0.2) is 0 Å². The summed E-state index contributed by atoms with van der Waals surface area (Å²) in [5.41, 5.74) is 0. The molecule has 0 aliphatic carbocycles. The molecule has 0 spiro atoms. The van der Waals surface area contributed by atoms with Gasteiger partial charge in [0, 0.05) is 39.8 Å². The molecule has 2 atom stereocenters. The molecule has 2 N–H and O–H groups in total. The Labute approximate surface area is 142 Å². The lowest BCUT2D eigenvalue weighted by Gasteiger charge is -2.35. The molecule has 1 aliphatic rings. The maximum absolute atomic E-state index is 4.25. The largest absolute Gasteiger partial charge is 0.356 e. The van der Waals surface area contributed by atoms with Crippen molar-refractivity contribution in [3.05, 3.63) is 0 Å². The average Bonchev–Trinajstić information content (AvgIpc) is 2.32. The Hall–Kier alpha value is -0.0400. The minimum absolute atomic E-state index is 0. The summed E-state index contributed by atoms with van der Waals surface area (Å²) in [5, 5.41) is 6.74. The predicted molar refractivity (Wildman–Crippen MR) is 99.0 cm³/mol. The normalized spacial score (nSPS) is 24.4. The minimum Gasteiger partial charge on any atom is -0.356 e. The van der Waals surface area contributed by atoms with Gasteiger partial charge in [-0.15, -0.1) is 24.0 Å². The fourth-order valence-electron chi connectivity index (χ4n) is 2.83. The molecule has 0 saturated carbocycles. The van der Waals surface area contributed by atoms with Gasteiger partial charge in [0.1, 0.15) is 0 Å². The van der Waals surface area contributed by atoms with Gasteiger partial charge >= 0.3 is 0 Å². The highest BCUT2D eigenvalue weighted by Crippen LogP contribution is 2.20. The highest BCUT2D eigenvalue weighted by molar-refractivity contribution is 14.0. The first-order valence-corrected chi connectivity index (χ1v) is 7.68. The van der Waals surface area contributed by atoms with Crippen molar-refractivity contribution in [1.82, 2.24) is 15.5 Å². The molecule has 1 rings (SSSR count). The fraction of sp³-hybridized carbons (Fsp3) is 0.933. The molecule has 4 nitrogen and oxygen atoms in total. The van der Waals surface area contributed by atoms with E-state index < -0.39 is 0 Å². The molecule has 1 heterocycles. The van der Waals surface area contributed by atoms with Crippen LogP contribution in [0.25, 0.3) is 0 Å². The van der Waals surface area contributed by atoms with Crippen molar-refractivity contribution in [3.8, 4) is 0 Å². The molecule has 5 heteroatoms. The first kappa shape index (κ1) is 20.0. The van der Waals surface area contributed by atoms with Gasteiger partial charge in [0.05, 0.1) is 0 Å². The van der Waals surface area contributed by atoms with Gasteiger partial charge in [0.2, 0.25) is 0 Å². The summed E-state index contributed by atoms with van der Waals surface area (Å²) in [6.07, 6.45) is 1.38. The van der Waals surface area contributed by atoms with Crippen molar-refractivity contribution in [1.29, 1.82) is 0 Å². The molecular formula is C15H33IN4. The standard InChI is InChI=1S/C15H32N4.HI/c1-12(2)9-18-15(16-5)17-6-7-19-10-13(3)8-14(4)11-19;/h12-14H,6-11H2,1-5H3,(H2,16,17,18);1H. The minimum atomic E-state index is 0. The number of nitrogens with one attached hydrogen (secondary N) is 2. The zero-order valence-electron chi connectivity index (χ0n) is 13.8. The van der Waals surface area contributed by atoms with E-state index in [-0.39, 0.29) is 24.0 Å². The first-order valence-electron chi connectivity index (χ1n) is 7.68. The number of hydrogen-bond donors (Lipinski definition) is 2. The summed E-state index contributed by atoms with van der Waals surface area (Å²) in [4.78, 5) is 6.82. The van der Waals surface area contributed by atoms with Crippen LogP contribution < -0.4 is 10.6 Å². The van der Waals surface area contributed by atoms with Crippen LogP contribution in [0.15, 0.2) is 4.99 Å². The Bertz CT molecular complexity index is 271. The summed E-state index contributed by atoms with van der Waals surface area (Å²) in [7, 11) is 1.83. The molecule has 0 bridgehead atoms. The molecule has 0 aromatic carbocycles. The van der Waals surface area contributed by atoms with E-state index >= 15 is 0 Å². The van der Waals surface area contributed by atoms with Gasteiger partial charge in [-0.3, -0.25) is 4.99 Å². The van der Waals surface area contributed by atoms with Crippen LogP contribution in [0.4, 0.5) is 0 Å². The zero-order chi connectivity index (χ0) is 14.3. The Kier molecular flexibility index (Phi) is 10.6. The van der Waals surface area contributed by atoms with Crippen LogP contribution in [0.3, 0.4) is 0 Å². The average molecular weight is 396 g/mol. The maximum Gasteiger partial charge on any atom is 0.191 e. The molecule has 0 aromatic rings. The topological polar surface area (TPSA) is 39.7 Å². The van der Waals surface area contributed by atoms with Crippen LogP contribution in [-0.4, -0.2) is 50.6 Å². The Morgan fingerprint density at radius 2 is 1.80 bits per heavy atom. The van der Waals surface area contributed by atoms with Gasteiger partial charge in [0.15, 0.2) is 5.96 Å². The number of nitrogens with zero attached hydrogens (tertiary/aromatic N) is 2. The molecule has 1 aliphatic heterocycles. The number of guanidine groups is 1. The van der Waals surface area contributed by atoms with Crippen molar-refractivity contribution in [3.63, 3.8) is 0 Å². The van der Waals surface area contributed by atoms with Gasteiger partial charge < -0.3 is 15.5 Å². The highest BCUT2D eigenvalue weighted by Gasteiger charge is 2.21. The van der Waals surface area contributed by atoms with E-state index in [1.54, 1.807) is 0 Å². The lowest BCUT2D eigenvalue weighted by atomic mass is 9.92. The third-order valence-electron chi connectivity index (χ3n) is 3.57. The molecule has 120 valence electrons. The second-order valence-electron chi connectivity index (χ2n) is 6.48. The molecular weight excluding hydrogens is 363 g/mol. The van der Waals surface area contributed by atoms with Crippen molar-refractivity contribution < 1.29 is 0 Å². The van der Waals surface area contributed by atoms with Crippen LogP contribution in [0, 0.1) is 17.8 Å². The van der Waals surface area contributed by atoms with E-state index in [1.807, 2.05) is 7.05 Å². The summed E-state index contributed by atoms with van der Waals surface area (Å²) >= 11 is 0. The number of piperidine rings is 1. The number of halogens is 1. The van der Waals surface area contributed by atoms with E-state index in [0.29, 0.717) is 5.92 Å². The molecule has 0 aromatic heterocycles. The van der Waals surface area contributed by atoms with Crippen molar-refractivity contribution >= 4 is 29.9 Å². The number of likely N-dealkylation sites (tertiary alicyclic amines) is 1. The van der Waals surface area contributed by atoms with Gasteiger partial charge in [-0.05, 0) is 24.2 Å². The Morgan fingerprint density at radius 1 is 1.20 bits per heavy atom. The van der Waals surface area contributed by atoms with E-state index in [9.17, 15) is 0 Å². The van der Waals surface area contributed by atoms with Gasteiger partial charge in [-0.2, -0.15) is 0 Å². The zero-order valence-corrected chi connectivity index (χ0v) is 16.1. The van der Waals surface area contributed by atoms with Crippen LogP contribution in [0.5, 0.6) is 0 Å². The number of hydrogen-bond acceptors (Lipinski definition) is 2. The lowest BCUT2D eigenvalue weighted by Crippen LogP contribution is -2.45. The molecule has 0 radical (unpaired) electrons. The molecule has 2 unspecified atom stereocenters. The third-order valence-corrected chi connectivity index (χ3v) is 3.57. The van der Waals surface area contributed by atoms with E-state index in [0.717, 1.165) is 37.4 Å². The van der Waals surface area contributed by atoms with Crippen molar-refractivity contribution in [2.45, 2.75) is 34.1 Å². The third kappa shape index (κ3) is 8.29. The molecule has 1 saturated heterocycles. The Balaban J connectivity index is 0.00000361. The van der Waals surface area contributed by atoms with E-state index in [4.69, 9.17) is 0 Å². The second-order valence-corrected chi connectivity index (χ2v) is 6.48.